The molecular weight excluding hydrogens is 276 g/mol. The fraction of sp³-hybridized carbons (Fsp3) is 0.200. The van der Waals surface area contributed by atoms with Gasteiger partial charge in [-0.3, -0.25) is 10.1 Å². The van der Waals surface area contributed by atoms with Gasteiger partial charge < -0.3 is 5.32 Å². The molecule has 0 radical (unpaired) electrons. The van der Waals surface area contributed by atoms with Crippen molar-refractivity contribution in [2.45, 2.75) is 13.0 Å². The summed E-state index contributed by atoms with van der Waals surface area (Å²) in [4.78, 5) is 10.1. The van der Waals surface area contributed by atoms with Crippen LogP contribution in [0, 0.1) is 10.1 Å². The molecule has 0 aromatic heterocycles. The zero-order valence-corrected chi connectivity index (χ0v) is 11.6. The van der Waals surface area contributed by atoms with E-state index in [2.05, 4.69) is 5.32 Å². The molecule has 1 N–H and O–H groups in total. The van der Waals surface area contributed by atoms with Gasteiger partial charge in [-0.1, -0.05) is 35.9 Å². The summed E-state index contributed by atoms with van der Waals surface area (Å²) in [5.41, 5.74) is 2.34. The minimum absolute atomic E-state index is 0.118. The molecule has 0 amide bonds. The Balaban J connectivity index is 1.77. The van der Waals surface area contributed by atoms with E-state index in [0.29, 0.717) is 6.54 Å². The lowest BCUT2D eigenvalue weighted by Gasteiger charge is -2.05. The molecule has 0 spiro atoms. The summed E-state index contributed by atoms with van der Waals surface area (Å²) < 4.78 is 0. The first-order valence-electron chi connectivity index (χ1n) is 6.33. The minimum atomic E-state index is -0.393. The Kier molecular flexibility index (Phi) is 5.09. The highest BCUT2D eigenvalue weighted by atomic mass is 35.5. The highest BCUT2D eigenvalue weighted by molar-refractivity contribution is 6.30. The smallest absolute Gasteiger partial charge is 0.269 e. The maximum Gasteiger partial charge on any atom is 0.269 e. The van der Waals surface area contributed by atoms with Crippen molar-refractivity contribution in [3.63, 3.8) is 0 Å². The Morgan fingerprint density at radius 3 is 2.50 bits per heavy atom. The maximum atomic E-state index is 10.5. The molecule has 0 fully saturated rings. The number of benzene rings is 2. The van der Waals surface area contributed by atoms with Gasteiger partial charge in [0.25, 0.3) is 5.69 Å². The summed E-state index contributed by atoms with van der Waals surface area (Å²) in [5.74, 6) is 0. The first-order valence-corrected chi connectivity index (χ1v) is 6.71. The third kappa shape index (κ3) is 4.33. The van der Waals surface area contributed by atoms with Gasteiger partial charge in [-0.2, -0.15) is 0 Å². The summed E-state index contributed by atoms with van der Waals surface area (Å²) >= 11 is 5.92. The summed E-state index contributed by atoms with van der Waals surface area (Å²) in [6.45, 7) is 1.52. The molecule has 0 saturated carbocycles. The van der Waals surface area contributed by atoms with Crippen LogP contribution >= 0.6 is 11.6 Å². The van der Waals surface area contributed by atoms with Crippen molar-refractivity contribution in [1.82, 2.24) is 5.32 Å². The number of rotatable bonds is 6. The van der Waals surface area contributed by atoms with Gasteiger partial charge in [0.2, 0.25) is 0 Å². The van der Waals surface area contributed by atoms with Crippen molar-refractivity contribution < 1.29 is 4.92 Å². The number of hydrogen-bond acceptors (Lipinski definition) is 3. The van der Waals surface area contributed by atoms with Gasteiger partial charge in [-0.05, 0) is 36.2 Å². The quantitative estimate of drug-likeness (QED) is 0.502. The minimum Gasteiger partial charge on any atom is -0.312 e. The van der Waals surface area contributed by atoms with Crippen molar-refractivity contribution in [3.05, 3.63) is 74.8 Å². The van der Waals surface area contributed by atoms with Crippen LogP contribution in [0.2, 0.25) is 5.02 Å². The van der Waals surface area contributed by atoms with E-state index in [1.165, 1.54) is 17.7 Å². The van der Waals surface area contributed by atoms with Gasteiger partial charge in [0, 0.05) is 23.7 Å². The number of nitro groups is 1. The van der Waals surface area contributed by atoms with Gasteiger partial charge in [-0.15, -0.1) is 0 Å². The largest absolute Gasteiger partial charge is 0.312 e. The average Bonchev–Trinajstić information content (AvgIpc) is 2.44. The second-order valence-electron chi connectivity index (χ2n) is 4.48. The highest BCUT2D eigenvalue weighted by Crippen LogP contribution is 2.12. The molecule has 0 heterocycles. The second-order valence-corrected chi connectivity index (χ2v) is 4.92. The molecule has 0 aliphatic rings. The summed E-state index contributed by atoms with van der Waals surface area (Å²) in [7, 11) is 0. The molecular formula is C15H15ClN2O2. The van der Waals surface area contributed by atoms with Crippen LogP contribution in [0.4, 0.5) is 5.69 Å². The average molecular weight is 291 g/mol. The molecule has 0 aliphatic heterocycles. The molecule has 0 atom stereocenters. The Morgan fingerprint density at radius 2 is 1.85 bits per heavy atom. The highest BCUT2D eigenvalue weighted by Gasteiger charge is 2.03. The number of hydrogen-bond donors (Lipinski definition) is 1. The molecule has 0 aliphatic carbocycles. The molecule has 2 aromatic rings. The fourth-order valence-corrected chi connectivity index (χ4v) is 2.11. The zero-order valence-electron chi connectivity index (χ0n) is 10.9. The summed E-state index contributed by atoms with van der Waals surface area (Å²) in [6, 6.07) is 14.4. The number of halogens is 1. The van der Waals surface area contributed by atoms with Crippen molar-refractivity contribution in [1.29, 1.82) is 0 Å². The SMILES string of the molecule is O=[N+]([O-])c1ccc(CNCCc2cccc(Cl)c2)cc1. The second kappa shape index (κ2) is 7.03. The van der Waals surface area contributed by atoms with Crippen LogP contribution in [0.5, 0.6) is 0 Å². The third-order valence-electron chi connectivity index (χ3n) is 2.96. The van der Waals surface area contributed by atoms with E-state index in [1.807, 2.05) is 24.3 Å². The van der Waals surface area contributed by atoms with Crippen molar-refractivity contribution in [2.75, 3.05) is 6.54 Å². The molecule has 4 nitrogen and oxygen atoms in total. The van der Waals surface area contributed by atoms with Crippen molar-refractivity contribution >= 4 is 17.3 Å². The monoisotopic (exact) mass is 290 g/mol. The molecule has 5 heteroatoms. The van der Waals surface area contributed by atoms with Crippen LogP contribution < -0.4 is 5.32 Å². The first kappa shape index (κ1) is 14.5. The standard InChI is InChI=1S/C15H15ClN2O2/c16-14-3-1-2-12(10-14)8-9-17-11-13-4-6-15(7-5-13)18(19)20/h1-7,10,17H,8-9,11H2. The fourth-order valence-electron chi connectivity index (χ4n) is 1.89. The van der Waals surface area contributed by atoms with Crippen LogP contribution in [0.25, 0.3) is 0 Å². The lowest BCUT2D eigenvalue weighted by atomic mass is 10.1. The Labute approximate surface area is 122 Å². The topological polar surface area (TPSA) is 55.2 Å². The molecule has 0 unspecified atom stereocenters. The van der Waals surface area contributed by atoms with E-state index in [0.717, 1.165) is 23.6 Å². The predicted octanol–water partition coefficient (Wildman–Crippen LogP) is 3.58. The lowest BCUT2D eigenvalue weighted by molar-refractivity contribution is -0.384. The molecule has 0 saturated heterocycles. The van der Waals surface area contributed by atoms with Crippen LogP contribution in [-0.4, -0.2) is 11.5 Å². The molecule has 20 heavy (non-hydrogen) atoms. The molecule has 2 aromatic carbocycles. The Bertz CT molecular complexity index is 585. The van der Waals surface area contributed by atoms with Gasteiger partial charge in [-0.25, -0.2) is 0 Å². The van der Waals surface area contributed by atoms with Crippen molar-refractivity contribution in [2.24, 2.45) is 0 Å². The van der Waals surface area contributed by atoms with E-state index in [9.17, 15) is 10.1 Å². The predicted molar refractivity (Wildman–Crippen MR) is 80.0 cm³/mol. The number of nitrogens with zero attached hydrogens (tertiary/aromatic N) is 1. The normalized spacial score (nSPS) is 10.4. The van der Waals surface area contributed by atoms with E-state index in [1.54, 1.807) is 12.1 Å². The van der Waals surface area contributed by atoms with Gasteiger partial charge >= 0.3 is 0 Å². The van der Waals surface area contributed by atoms with Crippen LogP contribution in [0.1, 0.15) is 11.1 Å². The first-order chi connectivity index (χ1) is 9.65. The number of nitro benzene ring substituents is 1. The number of nitrogens with one attached hydrogen (secondary N) is 1. The van der Waals surface area contributed by atoms with E-state index in [-0.39, 0.29) is 5.69 Å². The van der Waals surface area contributed by atoms with Crippen LogP contribution in [0.3, 0.4) is 0 Å². The summed E-state index contributed by atoms with van der Waals surface area (Å²) in [5, 5.41) is 14.6. The van der Waals surface area contributed by atoms with Crippen LogP contribution in [-0.2, 0) is 13.0 Å². The van der Waals surface area contributed by atoms with Gasteiger partial charge in [0.1, 0.15) is 0 Å². The Hall–Kier alpha value is -1.91. The van der Waals surface area contributed by atoms with Crippen molar-refractivity contribution in [3.8, 4) is 0 Å². The Morgan fingerprint density at radius 1 is 1.10 bits per heavy atom. The molecule has 104 valence electrons. The van der Waals surface area contributed by atoms with E-state index >= 15 is 0 Å². The van der Waals surface area contributed by atoms with Gasteiger partial charge in [0.15, 0.2) is 0 Å². The zero-order chi connectivity index (χ0) is 14.4. The summed E-state index contributed by atoms with van der Waals surface area (Å²) in [6.07, 6.45) is 0.896. The maximum absolute atomic E-state index is 10.5. The number of non-ortho nitro benzene ring substituents is 1. The third-order valence-corrected chi connectivity index (χ3v) is 3.19. The van der Waals surface area contributed by atoms with Gasteiger partial charge in [0.05, 0.1) is 4.92 Å². The van der Waals surface area contributed by atoms with E-state index in [4.69, 9.17) is 11.6 Å². The van der Waals surface area contributed by atoms with Crippen LogP contribution in [0.15, 0.2) is 48.5 Å². The lowest BCUT2D eigenvalue weighted by Crippen LogP contribution is -2.16. The van der Waals surface area contributed by atoms with E-state index < -0.39 is 4.92 Å². The molecule has 2 rings (SSSR count). The molecule has 0 bridgehead atoms.